The third-order valence-corrected chi connectivity index (χ3v) is 4.82. The molecule has 2 aromatic heterocycles. The van der Waals surface area contributed by atoms with E-state index in [-0.39, 0.29) is 6.04 Å². The Morgan fingerprint density at radius 2 is 1.58 bits per heavy atom. The largest absolute Gasteiger partial charge is 0.363 e. The Bertz CT molecular complexity index is 948. The minimum Gasteiger partial charge on any atom is -0.363 e. The van der Waals surface area contributed by atoms with Crippen molar-refractivity contribution in [1.29, 1.82) is 0 Å². The summed E-state index contributed by atoms with van der Waals surface area (Å²) in [6.45, 7) is 2.15. The highest BCUT2D eigenvalue weighted by Crippen LogP contribution is 2.30. The van der Waals surface area contributed by atoms with Crippen molar-refractivity contribution in [2.75, 3.05) is 5.32 Å². The number of nitrogens with zero attached hydrogens (tertiary/aromatic N) is 2. The van der Waals surface area contributed by atoms with E-state index in [1.165, 1.54) is 5.56 Å². The fourth-order valence-corrected chi connectivity index (χ4v) is 3.48. The topological polar surface area (TPSA) is 37.8 Å². The van der Waals surface area contributed by atoms with Crippen molar-refractivity contribution in [3.05, 3.63) is 77.7 Å². The van der Waals surface area contributed by atoms with E-state index in [2.05, 4.69) is 48.0 Å². The van der Waals surface area contributed by atoms with E-state index in [9.17, 15) is 0 Å². The molecule has 2 aromatic carbocycles. The van der Waals surface area contributed by atoms with Crippen LogP contribution in [0.5, 0.6) is 0 Å². The minimum atomic E-state index is 0.174. The van der Waals surface area contributed by atoms with Crippen LogP contribution in [0.4, 0.5) is 5.82 Å². The summed E-state index contributed by atoms with van der Waals surface area (Å²) in [7, 11) is 0. The van der Waals surface area contributed by atoms with Gasteiger partial charge >= 0.3 is 0 Å². The summed E-state index contributed by atoms with van der Waals surface area (Å²) in [6.07, 6.45) is 0. The van der Waals surface area contributed by atoms with Gasteiger partial charge in [0.05, 0.1) is 5.39 Å². The zero-order valence-electron chi connectivity index (χ0n) is 13.3. The summed E-state index contributed by atoms with van der Waals surface area (Å²) in [5.74, 6) is 1.64. The summed E-state index contributed by atoms with van der Waals surface area (Å²) in [5.41, 5.74) is 2.27. The van der Waals surface area contributed by atoms with E-state index in [4.69, 9.17) is 9.97 Å². The highest BCUT2D eigenvalue weighted by Gasteiger charge is 2.13. The minimum absolute atomic E-state index is 0.174. The Morgan fingerprint density at radius 1 is 0.875 bits per heavy atom. The van der Waals surface area contributed by atoms with Crippen molar-refractivity contribution in [3.63, 3.8) is 0 Å². The lowest BCUT2D eigenvalue weighted by Gasteiger charge is -2.16. The molecule has 4 heteroatoms. The fourth-order valence-electron chi connectivity index (χ4n) is 2.71. The average molecular weight is 331 g/mol. The van der Waals surface area contributed by atoms with Crippen molar-refractivity contribution in [2.45, 2.75) is 13.0 Å². The van der Waals surface area contributed by atoms with Crippen LogP contribution in [0.2, 0.25) is 0 Å². The molecule has 4 rings (SSSR count). The van der Waals surface area contributed by atoms with Crippen molar-refractivity contribution >= 4 is 27.4 Å². The van der Waals surface area contributed by atoms with Crippen LogP contribution in [0.25, 0.3) is 21.6 Å². The van der Waals surface area contributed by atoms with E-state index in [1.54, 1.807) is 11.3 Å². The summed E-state index contributed by atoms with van der Waals surface area (Å²) in [6, 6.07) is 22.8. The van der Waals surface area contributed by atoms with E-state index in [0.717, 1.165) is 27.4 Å². The van der Waals surface area contributed by atoms with Gasteiger partial charge in [-0.2, -0.15) is 0 Å². The summed E-state index contributed by atoms with van der Waals surface area (Å²) in [5, 5.41) is 6.69. The normalized spacial score (nSPS) is 12.2. The molecular weight excluding hydrogens is 314 g/mol. The van der Waals surface area contributed by atoms with Crippen molar-refractivity contribution in [3.8, 4) is 11.4 Å². The fraction of sp³-hybridized carbons (Fsp3) is 0.100. The van der Waals surface area contributed by atoms with Gasteiger partial charge in [-0.05, 0) is 23.9 Å². The Labute approximate surface area is 145 Å². The maximum Gasteiger partial charge on any atom is 0.163 e. The van der Waals surface area contributed by atoms with Gasteiger partial charge in [0.2, 0.25) is 0 Å². The number of nitrogens with one attached hydrogen (secondary N) is 1. The average Bonchev–Trinajstić information content (AvgIpc) is 3.12. The molecule has 24 heavy (non-hydrogen) atoms. The zero-order valence-corrected chi connectivity index (χ0v) is 14.1. The highest BCUT2D eigenvalue weighted by molar-refractivity contribution is 7.16. The molecule has 1 N–H and O–H groups in total. The second kappa shape index (κ2) is 6.42. The molecule has 0 fully saturated rings. The summed E-state index contributed by atoms with van der Waals surface area (Å²) >= 11 is 1.64. The first kappa shape index (κ1) is 14.8. The Balaban J connectivity index is 1.75. The van der Waals surface area contributed by atoms with Crippen molar-refractivity contribution in [2.24, 2.45) is 0 Å². The van der Waals surface area contributed by atoms with E-state index >= 15 is 0 Å². The van der Waals surface area contributed by atoms with Crippen LogP contribution in [0.1, 0.15) is 18.5 Å². The number of hydrogen-bond acceptors (Lipinski definition) is 4. The molecule has 1 unspecified atom stereocenters. The molecular formula is C20H17N3S. The second-order valence-electron chi connectivity index (χ2n) is 5.68. The van der Waals surface area contributed by atoms with Crippen LogP contribution in [-0.4, -0.2) is 9.97 Å². The predicted molar refractivity (Wildman–Crippen MR) is 101 cm³/mol. The standard InChI is InChI=1S/C20H17N3S/c1-14(15-8-4-2-5-9-15)21-19-17-12-13-24-20(17)23-18(22-19)16-10-6-3-7-11-16/h2-14H,1H3,(H,21,22,23). The molecule has 118 valence electrons. The summed E-state index contributed by atoms with van der Waals surface area (Å²) < 4.78 is 0. The number of hydrogen-bond donors (Lipinski definition) is 1. The van der Waals surface area contributed by atoms with Crippen LogP contribution in [0.3, 0.4) is 0 Å². The van der Waals surface area contributed by atoms with Gasteiger partial charge in [-0.1, -0.05) is 60.7 Å². The third kappa shape index (κ3) is 2.88. The third-order valence-electron chi connectivity index (χ3n) is 4.01. The molecule has 1 atom stereocenters. The van der Waals surface area contributed by atoms with Crippen molar-refractivity contribution in [1.82, 2.24) is 9.97 Å². The number of benzene rings is 2. The molecule has 0 bridgehead atoms. The highest BCUT2D eigenvalue weighted by atomic mass is 32.1. The van der Waals surface area contributed by atoms with Gasteiger partial charge in [0.15, 0.2) is 5.82 Å². The Morgan fingerprint density at radius 3 is 2.33 bits per heavy atom. The first-order valence-electron chi connectivity index (χ1n) is 7.93. The molecule has 0 saturated carbocycles. The lowest BCUT2D eigenvalue weighted by atomic mass is 10.1. The molecule has 0 aliphatic carbocycles. The SMILES string of the molecule is CC(Nc1nc(-c2ccccc2)nc2sccc12)c1ccccc1. The molecule has 0 amide bonds. The smallest absolute Gasteiger partial charge is 0.163 e. The van der Waals surface area contributed by atoms with Gasteiger partial charge < -0.3 is 5.32 Å². The maximum atomic E-state index is 4.79. The molecule has 4 aromatic rings. The Kier molecular flexibility index (Phi) is 3.97. The van der Waals surface area contributed by atoms with Gasteiger partial charge in [-0.15, -0.1) is 11.3 Å². The molecule has 0 saturated heterocycles. The lowest BCUT2D eigenvalue weighted by molar-refractivity contribution is 0.877. The van der Waals surface area contributed by atoms with Crippen LogP contribution in [-0.2, 0) is 0 Å². The number of aromatic nitrogens is 2. The first-order chi connectivity index (χ1) is 11.8. The molecule has 0 spiro atoms. The number of fused-ring (bicyclic) bond motifs is 1. The number of rotatable bonds is 4. The first-order valence-corrected chi connectivity index (χ1v) is 8.81. The van der Waals surface area contributed by atoms with E-state index < -0.39 is 0 Å². The quantitative estimate of drug-likeness (QED) is 0.534. The number of thiophene rings is 1. The van der Waals surface area contributed by atoms with Crippen LogP contribution >= 0.6 is 11.3 Å². The predicted octanol–water partition coefficient (Wildman–Crippen LogP) is 5.53. The van der Waals surface area contributed by atoms with Crippen molar-refractivity contribution < 1.29 is 0 Å². The molecule has 0 radical (unpaired) electrons. The van der Waals surface area contributed by atoms with Gasteiger partial charge in [0.1, 0.15) is 10.6 Å². The van der Waals surface area contributed by atoms with Gasteiger partial charge in [0.25, 0.3) is 0 Å². The number of anilines is 1. The second-order valence-corrected chi connectivity index (χ2v) is 6.57. The molecule has 0 aliphatic heterocycles. The molecule has 3 nitrogen and oxygen atoms in total. The summed E-state index contributed by atoms with van der Waals surface area (Å²) in [4.78, 5) is 10.5. The van der Waals surface area contributed by atoms with Gasteiger partial charge in [0, 0.05) is 11.6 Å². The lowest BCUT2D eigenvalue weighted by Crippen LogP contribution is -2.09. The van der Waals surface area contributed by atoms with Crippen LogP contribution in [0, 0.1) is 0 Å². The monoisotopic (exact) mass is 331 g/mol. The van der Waals surface area contributed by atoms with Gasteiger partial charge in [-0.25, -0.2) is 9.97 Å². The zero-order chi connectivity index (χ0) is 16.4. The maximum absolute atomic E-state index is 4.79. The van der Waals surface area contributed by atoms with Crippen LogP contribution in [0.15, 0.2) is 72.1 Å². The molecule has 2 heterocycles. The van der Waals surface area contributed by atoms with E-state index in [0.29, 0.717) is 0 Å². The van der Waals surface area contributed by atoms with E-state index in [1.807, 2.05) is 36.4 Å². The van der Waals surface area contributed by atoms with Gasteiger partial charge in [-0.3, -0.25) is 0 Å². The molecule has 0 aliphatic rings. The Hall–Kier alpha value is -2.72. The van der Waals surface area contributed by atoms with Crippen LogP contribution < -0.4 is 5.32 Å².